The third-order valence-corrected chi connectivity index (χ3v) is 5.39. The molecule has 0 saturated carbocycles. The highest BCUT2D eigenvalue weighted by molar-refractivity contribution is 5.85. The maximum Gasteiger partial charge on any atom is 0.325 e. The van der Waals surface area contributed by atoms with E-state index in [0.29, 0.717) is 17.0 Å². The highest BCUT2D eigenvalue weighted by atomic mass is 16.5. The molecule has 9 nitrogen and oxygen atoms in total. The second-order valence-electron chi connectivity index (χ2n) is 8.05. The van der Waals surface area contributed by atoms with Crippen molar-refractivity contribution in [1.82, 2.24) is 14.7 Å². The fourth-order valence-electron chi connectivity index (χ4n) is 3.78. The van der Waals surface area contributed by atoms with Gasteiger partial charge in [0.1, 0.15) is 28.7 Å². The van der Waals surface area contributed by atoms with Gasteiger partial charge in [-0.05, 0) is 56.3 Å². The minimum atomic E-state index is -0.627. The zero-order valence-electron chi connectivity index (χ0n) is 19.8. The molecule has 0 spiro atoms. The highest BCUT2D eigenvalue weighted by Crippen LogP contribution is 2.39. The van der Waals surface area contributed by atoms with Gasteiger partial charge in [0.15, 0.2) is 6.61 Å². The number of aryl methyl sites for hydroxylation is 2. The molecular weight excluding hydrogens is 446 g/mol. The zero-order chi connectivity index (χ0) is 24.9. The van der Waals surface area contributed by atoms with Gasteiger partial charge in [-0.15, -0.1) is 0 Å². The smallest absolute Gasteiger partial charge is 0.325 e. The summed E-state index contributed by atoms with van der Waals surface area (Å²) in [6, 6.07) is 16.8. The number of aromatic nitrogens is 2. The van der Waals surface area contributed by atoms with Crippen LogP contribution in [0, 0.1) is 13.8 Å². The number of ether oxygens (including phenoxy) is 2. The van der Waals surface area contributed by atoms with E-state index in [9.17, 15) is 9.59 Å². The van der Waals surface area contributed by atoms with E-state index in [1.165, 1.54) is 0 Å². The lowest BCUT2D eigenvalue weighted by atomic mass is 10.1. The summed E-state index contributed by atoms with van der Waals surface area (Å²) in [5, 5.41) is 6.29. The molecule has 1 amide bonds. The predicted molar refractivity (Wildman–Crippen MR) is 134 cm³/mol. The topological polar surface area (TPSA) is 120 Å². The van der Waals surface area contributed by atoms with Crippen molar-refractivity contribution < 1.29 is 19.1 Å². The number of esters is 1. The minimum Gasteiger partial charge on any atom is -0.483 e. The average Bonchev–Trinajstić information content (AvgIpc) is 3.18. The molecule has 0 unspecified atom stereocenters. The number of fused-ring (bicyclic) bond motifs is 1. The Kier molecular flexibility index (Phi) is 6.98. The molecule has 0 aliphatic carbocycles. The number of hydrogen-bond donors (Lipinski definition) is 3. The summed E-state index contributed by atoms with van der Waals surface area (Å²) in [5.41, 5.74) is 10.4. The first kappa shape index (κ1) is 23.8. The average molecular weight is 474 g/mol. The molecule has 0 aliphatic heterocycles. The predicted octanol–water partition coefficient (Wildman–Crippen LogP) is 3.35. The van der Waals surface area contributed by atoms with Crippen LogP contribution in [0.3, 0.4) is 0 Å². The van der Waals surface area contributed by atoms with E-state index >= 15 is 0 Å². The SMILES string of the molecule is CNCC(=O)Oc1ccc(-c2nc3ccccn3c2Nc2c(C)cccc2C)c(OCC(N)=O)c1. The molecule has 0 bridgehead atoms. The van der Waals surface area contributed by atoms with Crippen LogP contribution in [0.1, 0.15) is 11.1 Å². The number of pyridine rings is 1. The second-order valence-corrected chi connectivity index (χ2v) is 8.05. The van der Waals surface area contributed by atoms with Crippen LogP contribution in [0.5, 0.6) is 11.5 Å². The first-order valence-corrected chi connectivity index (χ1v) is 11.1. The summed E-state index contributed by atoms with van der Waals surface area (Å²) in [6.07, 6.45) is 1.92. The van der Waals surface area contributed by atoms with E-state index < -0.39 is 11.9 Å². The van der Waals surface area contributed by atoms with Gasteiger partial charge < -0.3 is 25.8 Å². The van der Waals surface area contributed by atoms with Gasteiger partial charge in [0.2, 0.25) is 0 Å². The summed E-state index contributed by atoms with van der Waals surface area (Å²) in [7, 11) is 1.65. The van der Waals surface area contributed by atoms with Gasteiger partial charge in [-0.25, -0.2) is 4.98 Å². The van der Waals surface area contributed by atoms with Crippen LogP contribution in [0.25, 0.3) is 16.9 Å². The fourth-order valence-corrected chi connectivity index (χ4v) is 3.78. The molecule has 0 aliphatic rings. The van der Waals surface area contributed by atoms with Gasteiger partial charge in [0, 0.05) is 23.5 Å². The van der Waals surface area contributed by atoms with E-state index in [2.05, 4.69) is 10.6 Å². The number of nitrogens with two attached hydrogens (primary N) is 1. The molecule has 0 saturated heterocycles. The third-order valence-electron chi connectivity index (χ3n) is 5.39. The molecule has 0 atom stereocenters. The quantitative estimate of drug-likeness (QED) is 0.252. The maximum absolute atomic E-state index is 12.0. The van der Waals surface area contributed by atoms with Crippen molar-refractivity contribution in [2.75, 3.05) is 25.5 Å². The standard InChI is InChI=1S/C26H27N5O4/c1-16-7-6-8-17(2)24(16)30-26-25(29-22-9-4-5-12-31(22)26)19-11-10-18(35-23(33)14-28-3)13-20(19)34-15-21(27)32/h4-13,28,30H,14-15H2,1-3H3,(H2,27,32). The number of benzene rings is 2. The Bertz CT molecular complexity index is 1380. The maximum atomic E-state index is 12.0. The first-order valence-electron chi connectivity index (χ1n) is 11.1. The molecule has 4 N–H and O–H groups in total. The number of carbonyl (C=O) groups excluding carboxylic acids is 2. The number of imidazole rings is 1. The molecule has 180 valence electrons. The van der Waals surface area contributed by atoms with E-state index in [4.69, 9.17) is 20.2 Å². The van der Waals surface area contributed by atoms with Crippen LogP contribution in [0.15, 0.2) is 60.8 Å². The Morgan fingerprint density at radius 1 is 1.06 bits per heavy atom. The van der Waals surface area contributed by atoms with Crippen LogP contribution in [0.2, 0.25) is 0 Å². The number of rotatable bonds is 9. The number of nitrogens with one attached hydrogen (secondary N) is 2. The lowest BCUT2D eigenvalue weighted by molar-refractivity contribution is -0.133. The van der Waals surface area contributed by atoms with Gasteiger partial charge in [-0.2, -0.15) is 0 Å². The van der Waals surface area contributed by atoms with Crippen molar-refractivity contribution >= 4 is 29.0 Å². The number of nitrogens with zero attached hydrogens (tertiary/aromatic N) is 2. The van der Waals surface area contributed by atoms with Gasteiger partial charge in [0.05, 0.1) is 6.54 Å². The van der Waals surface area contributed by atoms with Gasteiger partial charge in [0.25, 0.3) is 5.91 Å². The van der Waals surface area contributed by atoms with E-state index in [1.54, 1.807) is 25.2 Å². The summed E-state index contributed by atoms with van der Waals surface area (Å²) in [4.78, 5) is 28.3. The van der Waals surface area contributed by atoms with Crippen molar-refractivity contribution in [2.45, 2.75) is 13.8 Å². The Labute approximate surface area is 202 Å². The molecule has 4 rings (SSSR count). The van der Waals surface area contributed by atoms with Crippen LogP contribution in [-0.2, 0) is 9.59 Å². The number of carbonyl (C=O) groups is 2. The molecule has 0 fully saturated rings. The van der Waals surface area contributed by atoms with Crippen molar-refractivity contribution in [3.63, 3.8) is 0 Å². The Morgan fingerprint density at radius 2 is 1.83 bits per heavy atom. The summed E-state index contributed by atoms with van der Waals surface area (Å²) < 4.78 is 13.0. The molecular formula is C26H27N5O4. The summed E-state index contributed by atoms with van der Waals surface area (Å²) >= 11 is 0. The number of hydrogen-bond acceptors (Lipinski definition) is 7. The van der Waals surface area contributed by atoms with Gasteiger partial charge >= 0.3 is 5.97 Å². The van der Waals surface area contributed by atoms with Crippen molar-refractivity contribution in [3.8, 4) is 22.8 Å². The molecule has 9 heteroatoms. The number of primary amides is 1. The van der Waals surface area contributed by atoms with Crippen molar-refractivity contribution in [2.24, 2.45) is 5.73 Å². The summed E-state index contributed by atoms with van der Waals surface area (Å²) in [6.45, 7) is 3.78. The molecule has 2 aromatic carbocycles. The monoisotopic (exact) mass is 473 g/mol. The zero-order valence-corrected chi connectivity index (χ0v) is 19.8. The number of likely N-dealkylation sites (N-methyl/N-ethyl adjacent to an activating group) is 1. The Balaban J connectivity index is 1.85. The molecule has 35 heavy (non-hydrogen) atoms. The molecule has 4 aromatic rings. The Hall–Kier alpha value is -4.37. The second kappa shape index (κ2) is 10.3. The van der Waals surface area contributed by atoms with Crippen LogP contribution in [-0.4, -0.2) is 41.5 Å². The molecule has 2 heterocycles. The first-order chi connectivity index (χ1) is 16.9. The molecule has 0 radical (unpaired) electrons. The van der Waals surface area contributed by atoms with E-state index in [1.807, 2.05) is 60.8 Å². The summed E-state index contributed by atoms with van der Waals surface area (Å²) in [5.74, 6) is 0.235. The van der Waals surface area contributed by atoms with Crippen molar-refractivity contribution in [3.05, 3.63) is 71.9 Å². The highest BCUT2D eigenvalue weighted by Gasteiger charge is 2.20. The van der Waals surface area contributed by atoms with Crippen LogP contribution < -0.4 is 25.8 Å². The lowest BCUT2D eigenvalue weighted by Gasteiger charge is -2.16. The van der Waals surface area contributed by atoms with Gasteiger partial charge in [-0.3, -0.25) is 14.0 Å². The van der Waals surface area contributed by atoms with Crippen LogP contribution in [0.4, 0.5) is 11.5 Å². The normalized spacial score (nSPS) is 10.8. The van der Waals surface area contributed by atoms with Crippen LogP contribution >= 0.6 is 0 Å². The van der Waals surface area contributed by atoms with E-state index in [0.717, 1.165) is 28.3 Å². The third kappa shape index (κ3) is 5.25. The van der Waals surface area contributed by atoms with Crippen molar-refractivity contribution in [1.29, 1.82) is 0 Å². The Morgan fingerprint density at radius 3 is 2.54 bits per heavy atom. The fraction of sp³-hybridized carbons (Fsp3) is 0.192. The number of amides is 1. The number of anilines is 2. The largest absolute Gasteiger partial charge is 0.483 e. The molecule has 2 aromatic heterocycles. The van der Waals surface area contributed by atoms with Gasteiger partial charge in [-0.1, -0.05) is 24.3 Å². The minimum absolute atomic E-state index is 0.0511. The lowest BCUT2D eigenvalue weighted by Crippen LogP contribution is -2.23. The number of para-hydroxylation sites is 1. The van der Waals surface area contributed by atoms with E-state index in [-0.39, 0.29) is 18.9 Å².